The average Bonchev–Trinajstić information content (AvgIpc) is 2.98. The number of benzene rings is 2. The number of hydrogen-bond acceptors (Lipinski definition) is 6. The van der Waals surface area contributed by atoms with Gasteiger partial charge in [-0.15, -0.1) is 0 Å². The highest BCUT2D eigenvalue weighted by Gasteiger charge is 2.37. The zero-order valence-electron chi connectivity index (χ0n) is 20.8. The Bertz CT molecular complexity index is 1140. The standard InChI is InChI=1S/C27H32N4O5/c1-27(2,3)36-26(34)31-16-10-9-15-21(31)22-19-13-7-8-14-20(19)28-24(32)23(29-22)30-25(33)35-17-18-11-5-4-6-12-18/h4-8,11-14,21,23H,9-10,15-17H2,1-3H3,(H,28,32)(H,30,33). The lowest BCUT2D eigenvalue weighted by Crippen LogP contribution is -2.50. The van der Waals surface area contributed by atoms with Crippen molar-refractivity contribution in [3.8, 4) is 0 Å². The molecule has 2 aromatic rings. The number of fused-ring (bicyclic) bond motifs is 1. The molecule has 0 aromatic heterocycles. The van der Waals surface area contributed by atoms with Crippen LogP contribution in [-0.2, 0) is 20.9 Å². The highest BCUT2D eigenvalue weighted by molar-refractivity contribution is 6.15. The molecule has 1 saturated heterocycles. The first kappa shape index (κ1) is 25.2. The van der Waals surface area contributed by atoms with Crippen LogP contribution in [0.3, 0.4) is 0 Å². The van der Waals surface area contributed by atoms with Crippen LogP contribution in [0.2, 0.25) is 0 Å². The molecule has 2 aromatic carbocycles. The maximum absolute atomic E-state index is 13.1. The lowest BCUT2D eigenvalue weighted by atomic mass is 9.93. The van der Waals surface area contributed by atoms with Crippen LogP contribution < -0.4 is 10.6 Å². The molecule has 0 bridgehead atoms. The van der Waals surface area contributed by atoms with Crippen LogP contribution in [0.1, 0.15) is 51.2 Å². The number of para-hydroxylation sites is 1. The Hall–Kier alpha value is -3.88. The molecule has 1 fully saturated rings. The maximum Gasteiger partial charge on any atom is 0.410 e. The minimum absolute atomic E-state index is 0.0624. The normalized spacial score (nSPS) is 19.8. The van der Waals surface area contributed by atoms with E-state index in [1.54, 1.807) is 11.0 Å². The summed E-state index contributed by atoms with van der Waals surface area (Å²) < 4.78 is 11.0. The average molecular weight is 493 g/mol. The van der Waals surface area contributed by atoms with Gasteiger partial charge in [-0.2, -0.15) is 0 Å². The molecule has 2 N–H and O–H groups in total. The van der Waals surface area contributed by atoms with Crippen molar-refractivity contribution in [2.24, 2.45) is 4.99 Å². The molecular formula is C27H32N4O5. The van der Waals surface area contributed by atoms with Crippen LogP contribution in [0.25, 0.3) is 0 Å². The summed E-state index contributed by atoms with van der Waals surface area (Å²) >= 11 is 0. The summed E-state index contributed by atoms with van der Waals surface area (Å²) in [5.41, 5.74) is 1.99. The Balaban J connectivity index is 1.61. The van der Waals surface area contributed by atoms with Crippen molar-refractivity contribution < 1.29 is 23.9 Å². The number of rotatable bonds is 4. The highest BCUT2D eigenvalue weighted by atomic mass is 16.6. The molecule has 2 atom stereocenters. The smallest absolute Gasteiger partial charge is 0.410 e. The molecule has 2 heterocycles. The van der Waals surface area contributed by atoms with Crippen molar-refractivity contribution in [3.05, 3.63) is 65.7 Å². The number of alkyl carbamates (subject to hydrolysis) is 1. The van der Waals surface area contributed by atoms with E-state index in [2.05, 4.69) is 15.6 Å². The van der Waals surface area contributed by atoms with Crippen LogP contribution in [0.5, 0.6) is 0 Å². The summed E-state index contributed by atoms with van der Waals surface area (Å²) in [5.74, 6) is -0.492. The number of amides is 3. The van der Waals surface area contributed by atoms with E-state index in [4.69, 9.17) is 9.47 Å². The van der Waals surface area contributed by atoms with Crippen LogP contribution >= 0.6 is 0 Å². The summed E-state index contributed by atoms with van der Waals surface area (Å²) in [5, 5.41) is 5.41. The summed E-state index contributed by atoms with van der Waals surface area (Å²) in [6.07, 6.45) is -0.0216. The molecule has 9 nitrogen and oxygen atoms in total. The quantitative estimate of drug-likeness (QED) is 0.655. The number of ether oxygens (including phenoxy) is 2. The lowest BCUT2D eigenvalue weighted by Gasteiger charge is -2.37. The molecule has 0 radical (unpaired) electrons. The summed E-state index contributed by atoms with van der Waals surface area (Å²) in [6.45, 7) is 6.05. The number of aliphatic imine (C=N–C) groups is 1. The molecule has 2 aliphatic rings. The first-order valence-corrected chi connectivity index (χ1v) is 12.2. The topological polar surface area (TPSA) is 109 Å². The number of hydrogen-bond donors (Lipinski definition) is 2. The van der Waals surface area contributed by atoms with E-state index in [1.807, 2.05) is 69.3 Å². The first-order chi connectivity index (χ1) is 17.2. The van der Waals surface area contributed by atoms with E-state index in [0.717, 1.165) is 18.4 Å². The van der Waals surface area contributed by atoms with Gasteiger partial charge in [0.2, 0.25) is 6.17 Å². The van der Waals surface area contributed by atoms with E-state index in [0.29, 0.717) is 29.9 Å². The van der Waals surface area contributed by atoms with Gasteiger partial charge in [-0.1, -0.05) is 48.5 Å². The van der Waals surface area contributed by atoms with Crippen LogP contribution in [0, 0.1) is 0 Å². The summed E-state index contributed by atoms with van der Waals surface area (Å²) in [7, 11) is 0. The number of nitrogens with one attached hydrogen (secondary N) is 2. The van der Waals surface area contributed by atoms with E-state index >= 15 is 0 Å². The SMILES string of the molecule is CC(C)(C)OC(=O)N1CCCCC1C1=NC(NC(=O)OCc2ccccc2)C(=O)Nc2ccccc21. The molecule has 2 aliphatic heterocycles. The Morgan fingerprint density at radius 2 is 1.81 bits per heavy atom. The van der Waals surface area contributed by atoms with Crippen molar-refractivity contribution in [1.82, 2.24) is 10.2 Å². The fraction of sp³-hybridized carbons (Fsp3) is 0.407. The van der Waals surface area contributed by atoms with E-state index in [9.17, 15) is 14.4 Å². The van der Waals surface area contributed by atoms with E-state index in [-0.39, 0.29) is 6.61 Å². The van der Waals surface area contributed by atoms with Gasteiger partial charge in [0.25, 0.3) is 5.91 Å². The lowest BCUT2D eigenvalue weighted by molar-refractivity contribution is -0.117. The molecule has 3 amide bonds. The molecule has 0 saturated carbocycles. The largest absolute Gasteiger partial charge is 0.445 e. The predicted octanol–water partition coefficient (Wildman–Crippen LogP) is 4.47. The van der Waals surface area contributed by atoms with Crippen molar-refractivity contribution in [3.63, 3.8) is 0 Å². The Kier molecular flexibility index (Phi) is 7.57. The molecular weight excluding hydrogens is 460 g/mol. The summed E-state index contributed by atoms with van der Waals surface area (Å²) in [6, 6.07) is 16.1. The van der Waals surface area contributed by atoms with Crippen molar-refractivity contribution in [1.29, 1.82) is 0 Å². The number of likely N-dealkylation sites (tertiary alicyclic amines) is 1. The van der Waals surface area contributed by atoms with Gasteiger partial charge in [-0.05, 0) is 51.7 Å². The zero-order valence-corrected chi connectivity index (χ0v) is 20.8. The van der Waals surface area contributed by atoms with E-state index < -0.39 is 35.9 Å². The van der Waals surface area contributed by atoms with E-state index in [1.165, 1.54) is 0 Å². The third kappa shape index (κ3) is 6.21. The predicted molar refractivity (Wildman–Crippen MR) is 136 cm³/mol. The molecule has 4 rings (SSSR count). The second-order valence-electron chi connectivity index (χ2n) is 9.84. The minimum atomic E-state index is -1.22. The van der Waals surface area contributed by atoms with Crippen molar-refractivity contribution in [2.75, 3.05) is 11.9 Å². The maximum atomic E-state index is 13.1. The molecule has 0 spiro atoms. The third-order valence-corrected chi connectivity index (χ3v) is 5.89. The number of carbonyl (C=O) groups is 3. The van der Waals surface area contributed by atoms with Crippen molar-refractivity contribution >= 4 is 29.5 Å². The number of benzodiazepines with no additional fused rings is 1. The third-order valence-electron chi connectivity index (χ3n) is 5.89. The molecule has 190 valence electrons. The van der Waals surface area contributed by atoms with Gasteiger partial charge in [0, 0.05) is 12.1 Å². The summed E-state index contributed by atoms with van der Waals surface area (Å²) in [4.78, 5) is 45.0. The Morgan fingerprint density at radius 1 is 1.08 bits per heavy atom. The fourth-order valence-electron chi connectivity index (χ4n) is 4.28. The van der Waals surface area contributed by atoms with Crippen LogP contribution in [0.4, 0.5) is 15.3 Å². The van der Waals surface area contributed by atoms with Crippen molar-refractivity contribution in [2.45, 2.75) is 64.4 Å². The Morgan fingerprint density at radius 3 is 2.56 bits per heavy atom. The molecule has 2 unspecified atom stereocenters. The van der Waals surface area contributed by atoms with Gasteiger partial charge in [0.15, 0.2) is 0 Å². The number of piperidine rings is 1. The van der Waals surface area contributed by atoms with Gasteiger partial charge in [-0.25, -0.2) is 9.59 Å². The Labute approximate surface area is 210 Å². The fourth-order valence-corrected chi connectivity index (χ4v) is 4.28. The number of anilines is 1. The molecule has 36 heavy (non-hydrogen) atoms. The number of nitrogens with zero attached hydrogens (tertiary/aromatic N) is 2. The minimum Gasteiger partial charge on any atom is -0.445 e. The first-order valence-electron chi connectivity index (χ1n) is 12.2. The highest BCUT2D eigenvalue weighted by Crippen LogP contribution is 2.29. The van der Waals surface area contributed by atoms with Crippen LogP contribution in [-0.4, -0.2) is 53.1 Å². The second kappa shape index (κ2) is 10.8. The molecule has 0 aliphatic carbocycles. The molecule has 9 heteroatoms. The number of carbonyl (C=O) groups excluding carboxylic acids is 3. The van der Waals surface area contributed by atoms with Gasteiger partial charge < -0.3 is 14.8 Å². The van der Waals surface area contributed by atoms with Gasteiger partial charge in [-0.3, -0.25) is 20.0 Å². The van der Waals surface area contributed by atoms with Gasteiger partial charge >= 0.3 is 12.2 Å². The monoisotopic (exact) mass is 492 g/mol. The van der Waals surface area contributed by atoms with Gasteiger partial charge in [0.05, 0.1) is 17.4 Å². The second-order valence-corrected chi connectivity index (χ2v) is 9.84. The van der Waals surface area contributed by atoms with Crippen LogP contribution in [0.15, 0.2) is 59.6 Å². The zero-order chi connectivity index (χ0) is 25.7. The van der Waals surface area contributed by atoms with Gasteiger partial charge in [0.1, 0.15) is 12.2 Å².